The summed E-state index contributed by atoms with van der Waals surface area (Å²) < 4.78 is 10.9. The zero-order chi connectivity index (χ0) is 13.3. The third kappa shape index (κ3) is 4.47. The van der Waals surface area contributed by atoms with Crippen molar-refractivity contribution in [1.29, 1.82) is 5.26 Å². The Morgan fingerprint density at radius 2 is 2.37 bits per heavy atom. The van der Waals surface area contributed by atoms with E-state index in [9.17, 15) is 0 Å². The fourth-order valence-electron chi connectivity index (χ4n) is 1.90. The molecular formula is C13H18N4O2. The molecule has 0 aromatic carbocycles. The van der Waals surface area contributed by atoms with Crippen LogP contribution in [0.15, 0.2) is 12.4 Å². The summed E-state index contributed by atoms with van der Waals surface area (Å²) in [5, 5.41) is 11.9. The van der Waals surface area contributed by atoms with E-state index in [4.69, 9.17) is 14.7 Å². The van der Waals surface area contributed by atoms with Crippen molar-refractivity contribution in [2.75, 3.05) is 38.3 Å². The number of nitrogens with zero attached hydrogens (tertiary/aromatic N) is 3. The number of rotatable bonds is 7. The van der Waals surface area contributed by atoms with Gasteiger partial charge >= 0.3 is 0 Å². The highest BCUT2D eigenvalue weighted by molar-refractivity contribution is 5.46. The van der Waals surface area contributed by atoms with Crippen LogP contribution in [0.4, 0.5) is 5.82 Å². The first-order valence-corrected chi connectivity index (χ1v) is 6.50. The van der Waals surface area contributed by atoms with Gasteiger partial charge in [-0.1, -0.05) is 0 Å². The first-order chi connectivity index (χ1) is 9.40. The van der Waals surface area contributed by atoms with Crippen LogP contribution in [0.5, 0.6) is 0 Å². The maximum absolute atomic E-state index is 8.85. The molecule has 1 fully saturated rings. The number of aromatic nitrogens is 2. The van der Waals surface area contributed by atoms with Gasteiger partial charge in [-0.3, -0.25) is 0 Å². The Bertz CT molecular complexity index is 427. The average Bonchev–Trinajstić information content (AvgIpc) is 2.96. The molecule has 0 saturated carbocycles. The van der Waals surface area contributed by atoms with E-state index >= 15 is 0 Å². The molecule has 1 aromatic heterocycles. The Labute approximate surface area is 112 Å². The van der Waals surface area contributed by atoms with E-state index in [0.29, 0.717) is 30.6 Å². The minimum Gasteiger partial charge on any atom is -0.381 e. The summed E-state index contributed by atoms with van der Waals surface area (Å²) in [5.41, 5.74) is 0.325. The smallest absolute Gasteiger partial charge is 0.182 e. The predicted molar refractivity (Wildman–Crippen MR) is 69.6 cm³/mol. The maximum Gasteiger partial charge on any atom is 0.182 e. The molecule has 0 amide bonds. The minimum atomic E-state index is 0.325. The molecule has 0 radical (unpaired) electrons. The molecule has 2 heterocycles. The summed E-state index contributed by atoms with van der Waals surface area (Å²) in [4.78, 5) is 8.01. The summed E-state index contributed by atoms with van der Waals surface area (Å²) in [5.74, 6) is 1.09. The number of nitriles is 1. The van der Waals surface area contributed by atoms with E-state index in [0.717, 1.165) is 32.7 Å². The van der Waals surface area contributed by atoms with Crippen molar-refractivity contribution in [2.45, 2.75) is 12.8 Å². The molecule has 1 aliphatic heterocycles. The fourth-order valence-corrected chi connectivity index (χ4v) is 1.90. The van der Waals surface area contributed by atoms with E-state index in [1.807, 2.05) is 6.07 Å². The van der Waals surface area contributed by atoms with Crippen LogP contribution in [0.25, 0.3) is 0 Å². The van der Waals surface area contributed by atoms with Gasteiger partial charge in [0.25, 0.3) is 0 Å². The van der Waals surface area contributed by atoms with Crippen LogP contribution in [0.3, 0.4) is 0 Å². The van der Waals surface area contributed by atoms with Gasteiger partial charge in [0.05, 0.1) is 13.2 Å². The molecular weight excluding hydrogens is 244 g/mol. The van der Waals surface area contributed by atoms with Gasteiger partial charge in [-0.25, -0.2) is 9.97 Å². The number of hydrogen-bond acceptors (Lipinski definition) is 6. The molecule has 0 aliphatic carbocycles. The molecule has 0 unspecified atom stereocenters. The van der Waals surface area contributed by atoms with Crippen LogP contribution in [-0.2, 0) is 9.47 Å². The highest BCUT2D eigenvalue weighted by Crippen LogP contribution is 2.12. The first kappa shape index (κ1) is 13.7. The van der Waals surface area contributed by atoms with Crippen molar-refractivity contribution < 1.29 is 9.47 Å². The molecule has 6 heteroatoms. The third-order valence-electron chi connectivity index (χ3n) is 2.94. The second kappa shape index (κ2) is 7.67. The Hall–Kier alpha value is -1.71. The van der Waals surface area contributed by atoms with Crippen molar-refractivity contribution in [3.8, 4) is 6.07 Å². The van der Waals surface area contributed by atoms with Crippen molar-refractivity contribution in [1.82, 2.24) is 9.97 Å². The van der Waals surface area contributed by atoms with Gasteiger partial charge in [0, 0.05) is 38.1 Å². The van der Waals surface area contributed by atoms with Gasteiger partial charge in [0.15, 0.2) is 11.5 Å². The summed E-state index contributed by atoms with van der Waals surface area (Å²) in [7, 11) is 0. The Morgan fingerprint density at radius 3 is 3.16 bits per heavy atom. The third-order valence-corrected chi connectivity index (χ3v) is 2.94. The Kier molecular flexibility index (Phi) is 5.53. The molecule has 1 atom stereocenters. The van der Waals surface area contributed by atoms with Gasteiger partial charge in [-0.15, -0.1) is 0 Å². The number of hydrogen-bond donors (Lipinski definition) is 1. The molecule has 1 saturated heterocycles. The molecule has 0 bridgehead atoms. The largest absolute Gasteiger partial charge is 0.381 e. The van der Waals surface area contributed by atoms with Crippen LogP contribution < -0.4 is 5.32 Å². The van der Waals surface area contributed by atoms with E-state index in [2.05, 4.69) is 15.3 Å². The van der Waals surface area contributed by atoms with Gasteiger partial charge in [0.1, 0.15) is 6.07 Å². The number of nitrogens with one attached hydrogen (secondary N) is 1. The van der Waals surface area contributed by atoms with Crippen molar-refractivity contribution in [3.63, 3.8) is 0 Å². The number of ether oxygens (including phenoxy) is 2. The lowest BCUT2D eigenvalue weighted by atomic mass is 10.1. The van der Waals surface area contributed by atoms with Crippen LogP contribution in [0.1, 0.15) is 18.5 Å². The van der Waals surface area contributed by atoms with E-state index < -0.39 is 0 Å². The van der Waals surface area contributed by atoms with Gasteiger partial charge in [-0.2, -0.15) is 5.26 Å². The highest BCUT2D eigenvalue weighted by Gasteiger charge is 2.15. The molecule has 1 aromatic rings. The van der Waals surface area contributed by atoms with E-state index in [1.54, 1.807) is 6.20 Å². The molecule has 2 rings (SSSR count). The van der Waals surface area contributed by atoms with E-state index in [-0.39, 0.29) is 0 Å². The van der Waals surface area contributed by atoms with Gasteiger partial charge in [0.2, 0.25) is 0 Å². The lowest BCUT2D eigenvalue weighted by Gasteiger charge is -2.09. The van der Waals surface area contributed by atoms with Crippen molar-refractivity contribution >= 4 is 5.82 Å². The predicted octanol–water partition coefficient (Wildman–Crippen LogP) is 1.20. The molecule has 0 spiro atoms. The molecule has 1 N–H and O–H groups in total. The Morgan fingerprint density at radius 1 is 1.47 bits per heavy atom. The molecule has 19 heavy (non-hydrogen) atoms. The maximum atomic E-state index is 8.85. The lowest BCUT2D eigenvalue weighted by molar-refractivity contribution is 0.0897. The van der Waals surface area contributed by atoms with Crippen LogP contribution in [0, 0.1) is 17.2 Å². The average molecular weight is 262 g/mol. The fraction of sp³-hybridized carbons (Fsp3) is 0.615. The zero-order valence-corrected chi connectivity index (χ0v) is 10.8. The second-order valence-corrected chi connectivity index (χ2v) is 4.45. The van der Waals surface area contributed by atoms with E-state index in [1.165, 1.54) is 6.20 Å². The normalized spacial score (nSPS) is 18.2. The topological polar surface area (TPSA) is 80.1 Å². The SMILES string of the molecule is N#Cc1nccnc1NCCCOC[C@H]1CCOC1. The summed E-state index contributed by atoms with van der Waals surface area (Å²) in [6.07, 6.45) is 5.05. The van der Waals surface area contributed by atoms with Crippen LogP contribution in [-0.4, -0.2) is 42.9 Å². The van der Waals surface area contributed by atoms with Crippen molar-refractivity contribution in [3.05, 3.63) is 18.1 Å². The van der Waals surface area contributed by atoms with Crippen LogP contribution >= 0.6 is 0 Å². The van der Waals surface area contributed by atoms with Gasteiger partial charge < -0.3 is 14.8 Å². The van der Waals surface area contributed by atoms with Gasteiger partial charge in [-0.05, 0) is 12.8 Å². The van der Waals surface area contributed by atoms with Crippen LogP contribution in [0.2, 0.25) is 0 Å². The summed E-state index contributed by atoms with van der Waals surface area (Å²) in [6, 6.07) is 2.00. The quantitative estimate of drug-likeness (QED) is 0.744. The molecule has 1 aliphatic rings. The monoisotopic (exact) mass is 262 g/mol. The number of anilines is 1. The molecule has 102 valence electrons. The summed E-state index contributed by atoms with van der Waals surface area (Å²) in [6.45, 7) is 3.87. The summed E-state index contributed by atoms with van der Waals surface area (Å²) >= 11 is 0. The second-order valence-electron chi connectivity index (χ2n) is 4.45. The molecule has 6 nitrogen and oxygen atoms in total. The highest BCUT2D eigenvalue weighted by atomic mass is 16.5. The van der Waals surface area contributed by atoms with Crippen molar-refractivity contribution in [2.24, 2.45) is 5.92 Å². The minimum absolute atomic E-state index is 0.325. The lowest BCUT2D eigenvalue weighted by Crippen LogP contribution is -2.13. The zero-order valence-electron chi connectivity index (χ0n) is 10.8. The Balaban J connectivity index is 1.57. The standard InChI is InChI=1S/C13H18N4O2/c14-8-12-13(17-5-4-15-12)16-3-1-6-18-9-11-2-7-19-10-11/h4-5,11H,1-3,6-7,9-10H2,(H,16,17)/t11-/m1/s1. The first-order valence-electron chi connectivity index (χ1n) is 6.50.